The fourth-order valence-corrected chi connectivity index (χ4v) is 3.45. The van der Waals surface area contributed by atoms with E-state index in [2.05, 4.69) is 19.2 Å². The van der Waals surface area contributed by atoms with Gasteiger partial charge in [0.05, 0.1) is 12.6 Å². The second-order valence-corrected chi connectivity index (χ2v) is 6.56. The van der Waals surface area contributed by atoms with Crippen LogP contribution in [0.4, 0.5) is 0 Å². The largest absolute Gasteiger partial charge is 0.394 e. The molecular weight excluding hydrogens is 234 g/mol. The maximum atomic E-state index is 11.8. The lowest BCUT2D eigenvalue weighted by Gasteiger charge is -2.23. The summed E-state index contributed by atoms with van der Waals surface area (Å²) in [5.41, 5.74) is 0. The van der Waals surface area contributed by atoms with Crippen LogP contribution in [0.1, 0.15) is 39.5 Å². The van der Waals surface area contributed by atoms with Gasteiger partial charge in [0.15, 0.2) is 0 Å². The monoisotopic (exact) mass is 259 g/mol. The third-order valence-electron chi connectivity index (χ3n) is 3.16. The van der Waals surface area contributed by atoms with Crippen LogP contribution < -0.4 is 5.32 Å². The summed E-state index contributed by atoms with van der Waals surface area (Å²) in [6, 6.07) is -0.0690. The second-order valence-electron chi connectivity index (χ2n) is 5.34. The molecule has 0 aromatic heterocycles. The average Bonchev–Trinajstić information content (AvgIpc) is 2.28. The summed E-state index contributed by atoms with van der Waals surface area (Å²) < 4.78 is 0. The molecule has 1 fully saturated rings. The van der Waals surface area contributed by atoms with E-state index < -0.39 is 0 Å². The standard InChI is InChI=1S/C13H25NO2S/c1-10(2)7-12(9-15)14-13(16)8-11-3-5-17-6-4-11/h10-12,15H,3-9H2,1-2H3,(H,14,16). The first-order valence-corrected chi connectivity index (χ1v) is 7.75. The molecule has 0 aromatic rings. The van der Waals surface area contributed by atoms with Crippen molar-refractivity contribution >= 4 is 17.7 Å². The molecule has 3 nitrogen and oxygen atoms in total. The quantitative estimate of drug-likeness (QED) is 0.767. The van der Waals surface area contributed by atoms with Crippen molar-refractivity contribution in [2.24, 2.45) is 11.8 Å². The number of hydrogen-bond donors (Lipinski definition) is 2. The van der Waals surface area contributed by atoms with E-state index in [0.717, 1.165) is 19.3 Å². The van der Waals surface area contributed by atoms with Crippen LogP contribution >= 0.6 is 11.8 Å². The van der Waals surface area contributed by atoms with E-state index in [-0.39, 0.29) is 18.6 Å². The van der Waals surface area contributed by atoms with Gasteiger partial charge in [0.25, 0.3) is 0 Å². The van der Waals surface area contributed by atoms with Gasteiger partial charge in [-0.25, -0.2) is 0 Å². The fraction of sp³-hybridized carbons (Fsp3) is 0.923. The van der Waals surface area contributed by atoms with Gasteiger partial charge < -0.3 is 10.4 Å². The number of aliphatic hydroxyl groups excluding tert-OH is 1. The van der Waals surface area contributed by atoms with E-state index >= 15 is 0 Å². The second kappa shape index (κ2) is 7.98. The molecule has 1 aliphatic rings. The van der Waals surface area contributed by atoms with Crippen molar-refractivity contribution in [1.29, 1.82) is 0 Å². The highest BCUT2D eigenvalue weighted by Crippen LogP contribution is 2.25. The van der Waals surface area contributed by atoms with E-state index in [1.165, 1.54) is 11.5 Å². The van der Waals surface area contributed by atoms with Crippen LogP contribution in [0.5, 0.6) is 0 Å². The molecule has 1 rings (SSSR count). The Hall–Kier alpha value is -0.220. The van der Waals surface area contributed by atoms with Crippen LogP contribution in [0.15, 0.2) is 0 Å². The molecule has 4 heteroatoms. The maximum absolute atomic E-state index is 11.8. The Labute approximate surface area is 109 Å². The molecule has 17 heavy (non-hydrogen) atoms. The number of thioether (sulfide) groups is 1. The molecule has 100 valence electrons. The Bertz CT molecular complexity index is 227. The fourth-order valence-electron chi connectivity index (χ4n) is 2.25. The minimum absolute atomic E-state index is 0.0461. The summed E-state index contributed by atoms with van der Waals surface area (Å²) >= 11 is 1.98. The molecule has 1 amide bonds. The summed E-state index contributed by atoms with van der Waals surface area (Å²) in [5.74, 6) is 3.54. The van der Waals surface area contributed by atoms with Crippen LogP contribution in [0, 0.1) is 11.8 Å². The average molecular weight is 259 g/mol. The number of nitrogens with one attached hydrogen (secondary N) is 1. The van der Waals surface area contributed by atoms with E-state index in [1.807, 2.05) is 11.8 Å². The zero-order valence-corrected chi connectivity index (χ0v) is 11.8. The predicted molar refractivity (Wildman–Crippen MR) is 73.1 cm³/mol. The molecule has 1 unspecified atom stereocenters. The zero-order valence-electron chi connectivity index (χ0n) is 10.9. The Morgan fingerprint density at radius 3 is 2.59 bits per heavy atom. The minimum Gasteiger partial charge on any atom is -0.394 e. The molecule has 0 aliphatic carbocycles. The molecule has 1 atom stereocenters. The number of aliphatic hydroxyl groups is 1. The van der Waals surface area contributed by atoms with E-state index in [4.69, 9.17) is 0 Å². The summed E-state index contributed by atoms with van der Waals surface area (Å²) in [6.45, 7) is 4.25. The number of carbonyl (C=O) groups is 1. The number of amides is 1. The summed E-state index contributed by atoms with van der Waals surface area (Å²) in [5, 5.41) is 12.2. The third kappa shape index (κ3) is 6.32. The van der Waals surface area contributed by atoms with Crippen molar-refractivity contribution in [3.8, 4) is 0 Å². The van der Waals surface area contributed by atoms with Crippen LogP contribution in [-0.4, -0.2) is 35.2 Å². The highest BCUT2D eigenvalue weighted by atomic mass is 32.2. The number of hydrogen-bond acceptors (Lipinski definition) is 3. The lowest BCUT2D eigenvalue weighted by Crippen LogP contribution is -2.39. The van der Waals surface area contributed by atoms with Gasteiger partial charge in [-0.15, -0.1) is 0 Å². The molecular formula is C13H25NO2S. The van der Waals surface area contributed by atoms with Gasteiger partial charge in [0.2, 0.25) is 5.91 Å². The van der Waals surface area contributed by atoms with Crippen molar-refractivity contribution in [2.75, 3.05) is 18.1 Å². The van der Waals surface area contributed by atoms with Gasteiger partial charge >= 0.3 is 0 Å². The molecule has 1 saturated heterocycles. The molecule has 2 N–H and O–H groups in total. The number of rotatable bonds is 6. The van der Waals surface area contributed by atoms with Crippen LogP contribution in [-0.2, 0) is 4.79 Å². The van der Waals surface area contributed by atoms with Gasteiger partial charge in [-0.2, -0.15) is 11.8 Å². The first kappa shape index (κ1) is 14.8. The van der Waals surface area contributed by atoms with Gasteiger partial charge in [-0.1, -0.05) is 13.8 Å². The van der Waals surface area contributed by atoms with Crippen molar-refractivity contribution in [3.05, 3.63) is 0 Å². The number of carbonyl (C=O) groups excluding carboxylic acids is 1. The van der Waals surface area contributed by atoms with Gasteiger partial charge in [0.1, 0.15) is 0 Å². The Kier molecular flexibility index (Phi) is 6.97. The molecule has 1 aliphatic heterocycles. The Morgan fingerprint density at radius 1 is 1.41 bits per heavy atom. The predicted octanol–water partition coefficient (Wildman–Crippen LogP) is 2.04. The third-order valence-corrected chi connectivity index (χ3v) is 4.21. The van der Waals surface area contributed by atoms with Crippen molar-refractivity contribution in [3.63, 3.8) is 0 Å². The Morgan fingerprint density at radius 2 is 2.06 bits per heavy atom. The molecule has 0 aromatic carbocycles. The van der Waals surface area contributed by atoms with Crippen molar-refractivity contribution < 1.29 is 9.90 Å². The van der Waals surface area contributed by atoms with Crippen molar-refractivity contribution in [2.45, 2.75) is 45.6 Å². The maximum Gasteiger partial charge on any atom is 0.220 e. The first-order chi connectivity index (χ1) is 8.11. The van der Waals surface area contributed by atoms with E-state index in [0.29, 0.717) is 18.3 Å². The van der Waals surface area contributed by atoms with Crippen LogP contribution in [0.3, 0.4) is 0 Å². The van der Waals surface area contributed by atoms with E-state index in [1.54, 1.807) is 0 Å². The topological polar surface area (TPSA) is 49.3 Å². The molecule has 0 spiro atoms. The molecule has 0 radical (unpaired) electrons. The zero-order chi connectivity index (χ0) is 12.7. The minimum atomic E-state index is -0.0690. The lowest BCUT2D eigenvalue weighted by molar-refractivity contribution is -0.123. The van der Waals surface area contributed by atoms with Gasteiger partial charge in [-0.05, 0) is 42.6 Å². The van der Waals surface area contributed by atoms with Gasteiger partial charge in [0, 0.05) is 6.42 Å². The normalized spacial score (nSPS) is 19.3. The Balaban J connectivity index is 2.26. The van der Waals surface area contributed by atoms with Crippen LogP contribution in [0.25, 0.3) is 0 Å². The molecule has 0 saturated carbocycles. The molecule has 0 bridgehead atoms. The van der Waals surface area contributed by atoms with E-state index in [9.17, 15) is 9.90 Å². The first-order valence-electron chi connectivity index (χ1n) is 6.59. The summed E-state index contributed by atoms with van der Waals surface area (Å²) in [6.07, 6.45) is 3.80. The highest BCUT2D eigenvalue weighted by Gasteiger charge is 2.19. The highest BCUT2D eigenvalue weighted by molar-refractivity contribution is 7.99. The van der Waals surface area contributed by atoms with Crippen molar-refractivity contribution in [1.82, 2.24) is 5.32 Å². The summed E-state index contributed by atoms with van der Waals surface area (Å²) in [7, 11) is 0. The molecule has 1 heterocycles. The lowest BCUT2D eigenvalue weighted by atomic mass is 9.98. The summed E-state index contributed by atoms with van der Waals surface area (Å²) in [4.78, 5) is 11.8. The smallest absolute Gasteiger partial charge is 0.220 e. The van der Waals surface area contributed by atoms with Gasteiger partial charge in [-0.3, -0.25) is 4.79 Å². The SMILES string of the molecule is CC(C)CC(CO)NC(=O)CC1CCSCC1. The van der Waals surface area contributed by atoms with Crippen LogP contribution in [0.2, 0.25) is 0 Å².